The molecule has 1 saturated heterocycles. The molecule has 0 aliphatic carbocycles. The lowest BCUT2D eigenvalue weighted by atomic mass is 10.2. The highest BCUT2D eigenvalue weighted by Gasteiger charge is 2.35. The molecule has 1 aliphatic rings. The summed E-state index contributed by atoms with van der Waals surface area (Å²) < 4.78 is 50.9. The first-order valence-corrected chi connectivity index (χ1v) is 11.4. The van der Waals surface area contributed by atoms with Gasteiger partial charge in [-0.2, -0.15) is 0 Å². The molecule has 7 nitrogen and oxygen atoms in total. The number of carbonyl (C=O) groups excluding carboxylic acids is 1. The second-order valence-electron chi connectivity index (χ2n) is 6.32. The van der Waals surface area contributed by atoms with Gasteiger partial charge >= 0.3 is 0 Å². The summed E-state index contributed by atoms with van der Waals surface area (Å²) in [5.74, 6) is -1.19. The van der Waals surface area contributed by atoms with Crippen LogP contribution in [0.25, 0.3) is 0 Å². The first-order chi connectivity index (χ1) is 11.6. The third kappa shape index (κ3) is 5.26. The molecule has 0 radical (unpaired) electrons. The van der Waals surface area contributed by atoms with Crippen molar-refractivity contribution in [2.24, 2.45) is 0 Å². The van der Waals surface area contributed by atoms with Gasteiger partial charge in [0.15, 0.2) is 9.84 Å². The minimum atomic E-state index is -3.56. The number of rotatable bonds is 6. The zero-order chi connectivity index (χ0) is 18.7. The average Bonchev–Trinajstić information content (AvgIpc) is 2.54. The van der Waals surface area contributed by atoms with Crippen molar-refractivity contribution in [1.82, 2.24) is 9.62 Å². The molecule has 140 valence electrons. The Morgan fingerprint density at radius 1 is 1.20 bits per heavy atom. The maximum atomic E-state index is 12.6. The van der Waals surface area contributed by atoms with Gasteiger partial charge in [-0.1, -0.05) is 29.8 Å². The van der Waals surface area contributed by atoms with Crippen molar-refractivity contribution < 1.29 is 21.6 Å². The number of amides is 1. The molecule has 0 unspecified atom stereocenters. The van der Waals surface area contributed by atoms with Gasteiger partial charge in [0, 0.05) is 20.1 Å². The lowest BCUT2D eigenvalue weighted by Gasteiger charge is -2.30. The van der Waals surface area contributed by atoms with Crippen LogP contribution in [0.4, 0.5) is 0 Å². The summed E-state index contributed by atoms with van der Waals surface area (Å²) >= 11 is 0. The predicted molar refractivity (Wildman–Crippen MR) is 96.3 cm³/mol. The topological polar surface area (TPSA) is 101 Å². The molecule has 0 bridgehead atoms. The van der Waals surface area contributed by atoms with Crippen LogP contribution in [0.1, 0.15) is 24.0 Å². The van der Waals surface area contributed by atoms with Crippen LogP contribution >= 0.6 is 0 Å². The lowest BCUT2D eigenvalue weighted by molar-refractivity contribution is -0.118. The van der Waals surface area contributed by atoms with Crippen molar-refractivity contribution in [3.8, 4) is 0 Å². The van der Waals surface area contributed by atoms with Gasteiger partial charge in [0.1, 0.15) is 5.75 Å². The number of piperidine rings is 1. The zero-order valence-electron chi connectivity index (χ0n) is 14.4. The Labute approximate surface area is 149 Å². The van der Waals surface area contributed by atoms with E-state index in [0.717, 1.165) is 11.1 Å². The van der Waals surface area contributed by atoms with Crippen molar-refractivity contribution in [3.63, 3.8) is 0 Å². The van der Waals surface area contributed by atoms with Crippen LogP contribution in [0, 0.1) is 6.92 Å². The van der Waals surface area contributed by atoms with E-state index in [9.17, 15) is 21.6 Å². The highest BCUT2D eigenvalue weighted by Crippen LogP contribution is 2.22. The van der Waals surface area contributed by atoms with E-state index in [1.807, 2.05) is 25.1 Å². The van der Waals surface area contributed by atoms with Crippen LogP contribution in [0.3, 0.4) is 0 Å². The highest BCUT2D eigenvalue weighted by atomic mass is 32.2. The molecule has 1 aromatic carbocycles. The fraction of sp³-hybridized carbons (Fsp3) is 0.562. The number of carbonyl (C=O) groups is 1. The van der Waals surface area contributed by atoms with Gasteiger partial charge < -0.3 is 5.32 Å². The number of nitrogens with one attached hydrogen (secondary N) is 1. The molecule has 2 rings (SSSR count). The molecule has 1 fully saturated rings. The fourth-order valence-electron chi connectivity index (χ4n) is 2.95. The first kappa shape index (κ1) is 19.9. The summed E-state index contributed by atoms with van der Waals surface area (Å²) in [5, 5.41) is 1.63. The van der Waals surface area contributed by atoms with Crippen LogP contribution in [-0.4, -0.2) is 58.2 Å². The average molecular weight is 389 g/mol. The molecule has 1 aromatic rings. The Morgan fingerprint density at radius 3 is 2.40 bits per heavy atom. The SMILES string of the molecule is CNC(=O)CS(=O)(=O)C1CCN(S(=O)(=O)Cc2cccc(C)c2)CC1. The second kappa shape index (κ2) is 7.84. The molecule has 0 spiro atoms. The summed E-state index contributed by atoms with van der Waals surface area (Å²) in [6.45, 7) is 2.22. The molecule has 1 aliphatic heterocycles. The van der Waals surface area contributed by atoms with E-state index in [4.69, 9.17) is 0 Å². The van der Waals surface area contributed by atoms with Crippen LogP contribution in [-0.2, 0) is 30.4 Å². The Balaban J connectivity index is 2.00. The summed E-state index contributed by atoms with van der Waals surface area (Å²) in [4.78, 5) is 11.3. The van der Waals surface area contributed by atoms with Crippen LogP contribution in [0.2, 0.25) is 0 Å². The molecule has 0 aromatic heterocycles. The highest BCUT2D eigenvalue weighted by molar-refractivity contribution is 7.92. The molecular formula is C16H24N2O5S2. The molecule has 0 saturated carbocycles. The third-order valence-electron chi connectivity index (χ3n) is 4.34. The molecular weight excluding hydrogens is 364 g/mol. The molecule has 1 heterocycles. The van der Waals surface area contributed by atoms with Crippen molar-refractivity contribution in [2.45, 2.75) is 30.8 Å². The van der Waals surface area contributed by atoms with E-state index in [-0.39, 0.29) is 31.7 Å². The van der Waals surface area contributed by atoms with E-state index in [0.29, 0.717) is 0 Å². The van der Waals surface area contributed by atoms with Gasteiger partial charge in [-0.15, -0.1) is 0 Å². The van der Waals surface area contributed by atoms with Crippen LogP contribution in [0.5, 0.6) is 0 Å². The molecule has 1 amide bonds. The monoisotopic (exact) mass is 388 g/mol. The first-order valence-electron chi connectivity index (χ1n) is 8.09. The maximum absolute atomic E-state index is 12.6. The lowest BCUT2D eigenvalue weighted by Crippen LogP contribution is -2.44. The summed E-state index contributed by atoms with van der Waals surface area (Å²) in [6.07, 6.45) is 0.429. The Hall–Kier alpha value is -1.45. The number of sulfone groups is 1. The second-order valence-corrected chi connectivity index (χ2v) is 10.6. The van der Waals surface area contributed by atoms with Gasteiger partial charge in [-0.25, -0.2) is 21.1 Å². The minimum absolute atomic E-state index is 0.0929. The van der Waals surface area contributed by atoms with Crippen LogP contribution < -0.4 is 5.32 Å². The molecule has 25 heavy (non-hydrogen) atoms. The smallest absolute Gasteiger partial charge is 0.234 e. The number of hydrogen-bond donors (Lipinski definition) is 1. The molecule has 0 atom stereocenters. The normalized spacial score (nSPS) is 17.4. The Morgan fingerprint density at radius 2 is 1.84 bits per heavy atom. The quantitative estimate of drug-likeness (QED) is 0.763. The van der Waals surface area contributed by atoms with Crippen molar-refractivity contribution >= 4 is 25.8 Å². The number of nitrogens with zero attached hydrogens (tertiary/aromatic N) is 1. The Bertz CT molecular complexity index is 826. The van der Waals surface area contributed by atoms with Gasteiger partial charge in [-0.3, -0.25) is 4.79 Å². The standard InChI is InChI=1S/C16H24N2O5S2/c1-13-4-3-5-14(10-13)11-25(22,23)18-8-6-15(7-9-18)24(20,21)12-16(19)17-2/h3-5,10,15H,6-9,11-12H2,1-2H3,(H,17,19). The predicted octanol–water partition coefficient (Wildman–Crippen LogP) is 0.450. The summed E-state index contributed by atoms with van der Waals surface area (Å²) in [7, 11) is -5.66. The molecule has 1 N–H and O–H groups in total. The Kier molecular flexibility index (Phi) is 6.23. The van der Waals surface area contributed by atoms with E-state index in [1.54, 1.807) is 6.07 Å². The minimum Gasteiger partial charge on any atom is -0.358 e. The van der Waals surface area contributed by atoms with E-state index < -0.39 is 36.8 Å². The maximum Gasteiger partial charge on any atom is 0.234 e. The van der Waals surface area contributed by atoms with Gasteiger partial charge in [0.25, 0.3) is 0 Å². The van der Waals surface area contributed by atoms with Crippen molar-refractivity contribution in [1.29, 1.82) is 0 Å². The summed E-state index contributed by atoms with van der Waals surface area (Å²) in [6, 6.07) is 7.32. The van der Waals surface area contributed by atoms with Crippen molar-refractivity contribution in [3.05, 3.63) is 35.4 Å². The van der Waals surface area contributed by atoms with E-state index in [1.165, 1.54) is 11.4 Å². The fourth-order valence-corrected chi connectivity index (χ4v) is 6.17. The number of hydrogen-bond acceptors (Lipinski definition) is 5. The molecule has 9 heteroatoms. The van der Waals surface area contributed by atoms with Gasteiger partial charge in [-0.05, 0) is 25.3 Å². The number of aryl methyl sites for hydroxylation is 1. The largest absolute Gasteiger partial charge is 0.358 e. The third-order valence-corrected chi connectivity index (χ3v) is 8.35. The van der Waals surface area contributed by atoms with Gasteiger partial charge in [0.2, 0.25) is 15.9 Å². The van der Waals surface area contributed by atoms with E-state index >= 15 is 0 Å². The zero-order valence-corrected chi connectivity index (χ0v) is 16.1. The van der Waals surface area contributed by atoms with E-state index in [2.05, 4.69) is 5.32 Å². The summed E-state index contributed by atoms with van der Waals surface area (Å²) in [5.41, 5.74) is 1.71. The van der Waals surface area contributed by atoms with Crippen LogP contribution in [0.15, 0.2) is 24.3 Å². The number of sulfonamides is 1. The van der Waals surface area contributed by atoms with Gasteiger partial charge in [0.05, 0.1) is 11.0 Å². The van der Waals surface area contributed by atoms with Crippen molar-refractivity contribution in [2.75, 3.05) is 25.9 Å². The number of benzene rings is 1.